The number of hydrogen-bond donors (Lipinski definition) is 0. The summed E-state index contributed by atoms with van der Waals surface area (Å²) in [5, 5.41) is 17.8. The van der Waals surface area contributed by atoms with Crippen molar-refractivity contribution in [1.29, 1.82) is 0 Å². The molecule has 0 saturated heterocycles. The number of hydrogen-bond acceptors (Lipinski definition) is 7. The maximum atomic E-state index is 14.2. The van der Waals surface area contributed by atoms with Gasteiger partial charge in [-0.25, -0.2) is 18.4 Å². The summed E-state index contributed by atoms with van der Waals surface area (Å²) in [7, 11) is 0. The minimum absolute atomic E-state index is 0.0310. The van der Waals surface area contributed by atoms with Crippen LogP contribution in [0.25, 0.3) is 11.3 Å². The van der Waals surface area contributed by atoms with Crippen LogP contribution in [-0.2, 0) is 0 Å². The molecule has 0 unspecified atom stereocenters. The number of nitro benzene ring substituents is 1. The van der Waals surface area contributed by atoms with Gasteiger partial charge >= 0.3 is 0 Å². The standard InChI is InChI=1S/C23H14F2N4O4S/c24-16-6-7-18(17(25)9-16)27-23-28(20(12-34-23)14-4-2-1-3-5-14)26-11-15-8-21-22(33-13-32-21)10-19(15)29(30)31/h1-12H,13H2. The summed E-state index contributed by atoms with van der Waals surface area (Å²) in [6.07, 6.45) is 1.30. The lowest BCUT2D eigenvalue weighted by Crippen LogP contribution is -2.12. The summed E-state index contributed by atoms with van der Waals surface area (Å²) in [5.74, 6) is -0.895. The lowest BCUT2D eigenvalue weighted by Gasteiger charge is -2.04. The molecule has 3 aromatic carbocycles. The highest BCUT2D eigenvalue weighted by molar-refractivity contribution is 7.07. The highest BCUT2D eigenvalue weighted by Crippen LogP contribution is 2.37. The SMILES string of the molecule is O=[N+]([O-])c1cc2c(cc1C=Nn1c(-c3ccccc3)csc1=Nc1ccc(F)cc1F)OCO2. The number of ether oxygens (including phenoxy) is 2. The summed E-state index contributed by atoms with van der Waals surface area (Å²) in [6, 6.07) is 15.1. The van der Waals surface area contributed by atoms with Gasteiger partial charge in [-0.1, -0.05) is 30.3 Å². The molecule has 5 rings (SSSR count). The van der Waals surface area contributed by atoms with Crippen LogP contribution in [0.2, 0.25) is 0 Å². The van der Waals surface area contributed by atoms with E-state index < -0.39 is 16.6 Å². The summed E-state index contributed by atoms with van der Waals surface area (Å²) in [5.41, 5.74) is 1.34. The molecule has 11 heteroatoms. The van der Waals surface area contributed by atoms with Crippen molar-refractivity contribution in [1.82, 2.24) is 4.68 Å². The maximum Gasteiger partial charge on any atom is 0.282 e. The molecule has 0 fully saturated rings. The number of benzene rings is 3. The van der Waals surface area contributed by atoms with Crippen molar-refractivity contribution in [3.05, 3.63) is 98.2 Å². The Kier molecular flexibility index (Phi) is 5.60. The predicted molar refractivity (Wildman–Crippen MR) is 122 cm³/mol. The molecule has 0 radical (unpaired) electrons. The zero-order valence-electron chi connectivity index (χ0n) is 17.2. The molecule has 4 aromatic rings. The van der Waals surface area contributed by atoms with Crippen LogP contribution < -0.4 is 14.3 Å². The minimum Gasteiger partial charge on any atom is -0.454 e. The second-order valence-electron chi connectivity index (χ2n) is 7.05. The number of nitro groups is 1. The van der Waals surface area contributed by atoms with E-state index in [0.717, 1.165) is 17.7 Å². The van der Waals surface area contributed by atoms with Crippen molar-refractivity contribution >= 4 is 28.9 Å². The van der Waals surface area contributed by atoms with E-state index in [1.54, 1.807) is 5.38 Å². The van der Waals surface area contributed by atoms with Gasteiger partial charge in [-0.2, -0.15) is 5.10 Å². The van der Waals surface area contributed by atoms with Crippen LogP contribution in [0.1, 0.15) is 5.56 Å². The van der Waals surface area contributed by atoms with Crippen molar-refractivity contribution in [2.75, 3.05) is 6.79 Å². The third-order valence-corrected chi connectivity index (χ3v) is 5.73. The molecule has 0 aliphatic carbocycles. The Hall–Kier alpha value is -4.38. The van der Waals surface area contributed by atoms with Crippen molar-refractivity contribution in [3.8, 4) is 22.8 Å². The summed E-state index contributed by atoms with van der Waals surface area (Å²) in [6.45, 7) is -0.0310. The van der Waals surface area contributed by atoms with E-state index in [-0.39, 0.29) is 34.3 Å². The third-order valence-electron chi connectivity index (χ3n) is 4.91. The average Bonchev–Trinajstić information content (AvgIpc) is 3.45. The molecule has 1 aromatic heterocycles. The third kappa shape index (κ3) is 4.16. The topological polar surface area (TPSA) is 91.2 Å². The normalized spacial score (nSPS) is 13.1. The number of halogens is 2. The molecular weight excluding hydrogens is 466 g/mol. The minimum atomic E-state index is -0.823. The zero-order chi connectivity index (χ0) is 23.7. The Morgan fingerprint density at radius 2 is 1.82 bits per heavy atom. The van der Waals surface area contributed by atoms with E-state index in [9.17, 15) is 18.9 Å². The molecule has 2 heterocycles. The summed E-state index contributed by atoms with van der Waals surface area (Å²) < 4.78 is 39.5. The summed E-state index contributed by atoms with van der Waals surface area (Å²) in [4.78, 5) is 15.6. The van der Waals surface area contributed by atoms with E-state index in [0.29, 0.717) is 11.4 Å². The maximum absolute atomic E-state index is 14.2. The average molecular weight is 480 g/mol. The van der Waals surface area contributed by atoms with E-state index in [1.807, 2.05) is 30.3 Å². The number of nitrogens with zero attached hydrogens (tertiary/aromatic N) is 4. The van der Waals surface area contributed by atoms with Gasteiger partial charge in [0.25, 0.3) is 5.69 Å². The molecule has 0 N–H and O–H groups in total. The Morgan fingerprint density at radius 3 is 2.56 bits per heavy atom. The molecule has 8 nitrogen and oxygen atoms in total. The first-order valence-corrected chi connectivity index (χ1v) is 10.8. The lowest BCUT2D eigenvalue weighted by molar-refractivity contribution is -0.385. The van der Waals surface area contributed by atoms with Gasteiger partial charge in [0.1, 0.15) is 11.5 Å². The fourth-order valence-electron chi connectivity index (χ4n) is 3.30. The predicted octanol–water partition coefficient (Wildman–Crippen LogP) is 5.25. The second kappa shape index (κ2) is 8.87. The molecule has 1 aliphatic rings. The zero-order valence-corrected chi connectivity index (χ0v) is 18.0. The van der Waals surface area contributed by atoms with Crippen molar-refractivity contribution in [2.45, 2.75) is 0 Å². The Bertz CT molecular complexity index is 1500. The van der Waals surface area contributed by atoms with E-state index >= 15 is 0 Å². The van der Waals surface area contributed by atoms with Crippen LogP contribution in [0.4, 0.5) is 20.2 Å². The first-order valence-electron chi connectivity index (χ1n) is 9.88. The fraction of sp³-hybridized carbons (Fsp3) is 0.0435. The van der Waals surface area contributed by atoms with Gasteiger partial charge in [-0.05, 0) is 18.2 Å². The van der Waals surface area contributed by atoms with Crippen LogP contribution in [0, 0.1) is 21.7 Å². The highest BCUT2D eigenvalue weighted by Gasteiger charge is 2.22. The van der Waals surface area contributed by atoms with Gasteiger partial charge in [-0.15, -0.1) is 11.3 Å². The first kappa shape index (κ1) is 21.5. The van der Waals surface area contributed by atoms with Crippen LogP contribution in [0.15, 0.2) is 76.1 Å². The largest absolute Gasteiger partial charge is 0.454 e. The molecule has 0 bridgehead atoms. The second-order valence-corrected chi connectivity index (χ2v) is 7.89. The van der Waals surface area contributed by atoms with E-state index in [2.05, 4.69) is 10.1 Å². The van der Waals surface area contributed by atoms with Crippen molar-refractivity contribution in [2.24, 2.45) is 10.1 Å². The van der Waals surface area contributed by atoms with Gasteiger partial charge in [0.15, 0.2) is 17.3 Å². The van der Waals surface area contributed by atoms with E-state index in [4.69, 9.17) is 9.47 Å². The van der Waals surface area contributed by atoms with Crippen LogP contribution in [0.3, 0.4) is 0 Å². The van der Waals surface area contributed by atoms with Crippen LogP contribution >= 0.6 is 11.3 Å². The van der Waals surface area contributed by atoms with Gasteiger partial charge in [0.2, 0.25) is 11.6 Å². The molecule has 0 atom stereocenters. The first-order chi connectivity index (χ1) is 16.5. The summed E-state index contributed by atoms with van der Waals surface area (Å²) >= 11 is 1.19. The highest BCUT2D eigenvalue weighted by atomic mass is 32.1. The van der Waals surface area contributed by atoms with E-state index in [1.165, 1.54) is 40.4 Å². The van der Waals surface area contributed by atoms with Gasteiger partial charge in [0, 0.05) is 17.0 Å². The molecule has 34 heavy (non-hydrogen) atoms. The van der Waals surface area contributed by atoms with Gasteiger partial charge < -0.3 is 9.47 Å². The smallest absolute Gasteiger partial charge is 0.282 e. The number of fused-ring (bicyclic) bond motifs is 1. The van der Waals surface area contributed by atoms with Crippen molar-refractivity contribution in [3.63, 3.8) is 0 Å². The Morgan fingerprint density at radius 1 is 1.06 bits per heavy atom. The fourth-order valence-corrected chi connectivity index (χ4v) is 4.15. The molecule has 170 valence electrons. The van der Waals surface area contributed by atoms with Crippen molar-refractivity contribution < 1.29 is 23.2 Å². The quantitative estimate of drug-likeness (QED) is 0.222. The monoisotopic (exact) mass is 480 g/mol. The van der Waals surface area contributed by atoms with Gasteiger partial charge in [0.05, 0.1) is 28.5 Å². The molecular formula is C23H14F2N4O4S. The van der Waals surface area contributed by atoms with Crippen LogP contribution in [-0.4, -0.2) is 22.6 Å². The number of rotatable bonds is 5. The molecule has 0 saturated carbocycles. The van der Waals surface area contributed by atoms with Gasteiger partial charge in [-0.3, -0.25) is 10.1 Å². The number of thiazole rings is 1. The number of aromatic nitrogens is 1. The Labute approximate surface area is 194 Å². The molecule has 0 amide bonds. The molecule has 1 aliphatic heterocycles. The Balaban J connectivity index is 1.66. The molecule has 0 spiro atoms. The lowest BCUT2D eigenvalue weighted by atomic mass is 10.1. The van der Waals surface area contributed by atoms with Crippen LogP contribution in [0.5, 0.6) is 11.5 Å².